The van der Waals surface area contributed by atoms with Crippen molar-refractivity contribution in [3.05, 3.63) is 30.1 Å². The zero-order chi connectivity index (χ0) is 18.1. The topological polar surface area (TPSA) is 75.4 Å². The van der Waals surface area contributed by atoms with Crippen LogP contribution in [-0.4, -0.2) is 44.5 Å². The number of aromatic nitrogens is 2. The van der Waals surface area contributed by atoms with E-state index in [2.05, 4.69) is 24.5 Å². The molecule has 0 spiro atoms. The molecule has 1 fully saturated rings. The van der Waals surface area contributed by atoms with Gasteiger partial charge in [-0.15, -0.1) is 0 Å². The maximum atomic E-state index is 12.4. The van der Waals surface area contributed by atoms with Crippen molar-refractivity contribution in [2.24, 2.45) is 5.92 Å². The molecule has 1 aliphatic rings. The van der Waals surface area contributed by atoms with Crippen LogP contribution in [0, 0.1) is 5.92 Å². The van der Waals surface area contributed by atoms with Crippen LogP contribution in [0.1, 0.15) is 51.4 Å². The van der Waals surface area contributed by atoms with Crippen molar-refractivity contribution in [1.82, 2.24) is 14.5 Å². The van der Waals surface area contributed by atoms with Crippen LogP contribution >= 0.6 is 0 Å². The second-order valence-corrected chi connectivity index (χ2v) is 7.11. The number of carbonyl (C=O) groups excluding carboxylic acids is 1. The number of carbonyl (C=O) groups is 2. The minimum absolute atomic E-state index is 0.133. The zero-order valence-corrected chi connectivity index (χ0v) is 15.0. The molecule has 1 saturated heterocycles. The number of carboxylic acid groups (broad SMARTS) is 1. The van der Waals surface area contributed by atoms with Crippen LogP contribution in [0.3, 0.4) is 0 Å². The van der Waals surface area contributed by atoms with Gasteiger partial charge in [-0.1, -0.05) is 12.1 Å². The van der Waals surface area contributed by atoms with Gasteiger partial charge >= 0.3 is 5.97 Å². The first-order chi connectivity index (χ1) is 11.9. The summed E-state index contributed by atoms with van der Waals surface area (Å²) in [6.07, 6.45) is 1.82. The summed E-state index contributed by atoms with van der Waals surface area (Å²) in [5.74, 6) is -1.24. The molecule has 1 aromatic heterocycles. The molecule has 134 valence electrons. The highest BCUT2D eigenvalue weighted by molar-refractivity contribution is 5.96. The molecule has 6 heteroatoms. The zero-order valence-electron chi connectivity index (χ0n) is 15.0. The van der Waals surface area contributed by atoms with Crippen LogP contribution in [0.5, 0.6) is 0 Å². The van der Waals surface area contributed by atoms with Gasteiger partial charge in [0.1, 0.15) is 11.7 Å². The Kier molecular flexibility index (Phi) is 4.79. The summed E-state index contributed by atoms with van der Waals surface area (Å²) < 4.78 is 2.24. The molecule has 2 aromatic rings. The lowest BCUT2D eigenvalue weighted by molar-refractivity contribution is -0.150. The number of nitrogens with zero attached hydrogens (tertiary/aromatic N) is 3. The number of likely N-dealkylation sites (tertiary alicyclic amines) is 1. The maximum absolute atomic E-state index is 12.4. The molecule has 25 heavy (non-hydrogen) atoms. The Balaban J connectivity index is 1.91. The number of imidazole rings is 1. The maximum Gasteiger partial charge on any atom is 0.315 e. The summed E-state index contributed by atoms with van der Waals surface area (Å²) in [5, 5.41) is 9.11. The molecule has 0 bridgehead atoms. The molecule has 6 nitrogen and oxygen atoms in total. The number of rotatable bonds is 4. The summed E-state index contributed by atoms with van der Waals surface area (Å²) in [6, 6.07) is 8.35. The van der Waals surface area contributed by atoms with Crippen molar-refractivity contribution >= 4 is 22.9 Å². The van der Waals surface area contributed by atoms with Crippen LogP contribution in [0.25, 0.3) is 11.0 Å². The van der Waals surface area contributed by atoms with E-state index >= 15 is 0 Å². The van der Waals surface area contributed by atoms with Crippen molar-refractivity contribution in [3.63, 3.8) is 0 Å². The predicted molar refractivity (Wildman–Crippen MR) is 95.5 cm³/mol. The highest BCUT2D eigenvalue weighted by Crippen LogP contribution is 2.32. The molecule has 2 unspecified atom stereocenters. The molecule has 2 atom stereocenters. The second kappa shape index (κ2) is 6.86. The number of fused-ring (bicyclic) bond motifs is 1. The van der Waals surface area contributed by atoms with Crippen LogP contribution in [-0.2, 0) is 9.59 Å². The molecule has 1 N–H and O–H groups in total. The smallest absolute Gasteiger partial charge is 0.315 e. The highest BCUT2D eigenvalue weighted by atomic mass is 16.4. The van der Waals surface area contributed by atoms with Crippen molar-refractivity contribution in [2.45, 2.75) is 45.6 Å². The fraction of sp³-hybridized carbons (Fsp3) is 0.526. The number of carboxylic acids is 1. The fourth-order valence-corrected chi connectivity index (χ4v) is 3.66. The van der Waals surface area contributed by atoms with E-state index < -0.39 is 11.9 Å². The van der Waals surface area contributed by atoms with Gasteiger partial charge in [-0.25, -0.2) is 4.98 Å². The normalized spacial score (nSPS) is 19.4. The first-order valence-corrected chi connectivity index (χ1v) is 8.88. The predicted octanol–water partition coefficient (Wildman–Crippen LogP) is 3.04. The lowest BCUT2D eigenvalue weighted by atomic mass is 9.95. The fourth-order valence-electron chi connectivity index (χ4n) is 3.66. The van der Waals surface area contributed by atoms with Gasteiger partial charge in [0.25, 0.3) is 0 Å². The molecule has 0 aliphatic carbocycles. The van der Waals surface area contributed by atoms with Crippen LogP contribution in [0.4, 0.5) is 0 Å². The molecular formula is C19H25N3O3. The minimum Gasteiger partial charge on any atom is -0.481 e. The number of para-hydroxylation sites is 2. The van der Waals surface area contributed by atoms with Crippen LogP contribution in [0.15, 0.2) is 24.3 Å². The minimum atomic E-state index is -1.07. The van der Waals surface area contributed by atoms with Gasteiger partial charge < -0.3 is 14.6 Å². The van der Waals surface area contributed by atoms with E-state index in [9.17, 15) is 9.59 Å². The van der Waals surface area contributed by atoms with Crippen molar-refractivity contribution in [2.75, 3.05) is 13.1 Å². The summed E-state index contributed by atoms with van der Waals surface area (Å²) in [4.78, 5) is 30.1. The largest absolute Gasteiger partial charge is 0.481 e. The highest BCUT2D eigenvalue weighted by Gasteiger charge is 2.32. The Hall–Kier alpha value is -2.37. The number of hydrogen-bond donors (Lipinski definition) is 1. The summed E-state index contributed by atoms with van der Waals surface area (Å²) >= 11 is 0. The van der Waals surface area contributed by atoms with Crippen molar-refractivity contribution < 1.29 is 14.7 Å². The molecule has 3 rings (SSSR count). The van der Waals surface area contributed by atoms with Gasteiger partial charge in [-0.05, 0) is 45.7 Å². The third-order valence-electron chi connectivity index (χ3n) is 4.98. The van der Waals surface area contributed by atoms with E-state index in [0.29, 0.717) is 13.1 Å². The van der Waals surface area contributed by atoms with E-state index in [1.807, 2.05) is 18.2 Å². The van der Waals surface area contributed by atoms with Crippen molar-refractivity contribution in [1.29, 1.82) is 0 Å². The Morgan fingerprint density at radius 1 is 1.24 bits per heavy atom. The standard InChI is InChI=1S/C19H25N3O3/c1-12(2)22-16-9-5-4-8-15(16)20-17(22)14-7-6-10-21(11-14)18(23)13(3)19(24)25/h4-5,8-9,12-14H,6-7,10-11H2,1-3H3,(H,24,25). The lowest BCUT2D eigenvalue weighted by Gasteiger charge is -2.34. The first kappa shape index (κ1) is 17.5. The molecule has 1 aliphatic heterocycles. The molecule has 0 radical (unpaired) electrons. The quantitative estimate of drug-likeness (QED) is 0.866. The summed E-state index contributed by atoms with van der Waals surface area (Å²) in [5.41, 5.74) is 2.07. The Labute approximate surface area is 147 Å². The third-order valence-corrected chi connectivity index (χ3v) is 4.98. The van der Waals surface area contributed by atoms with E-state index in [-0.39, 0.29) is 17.9 Å². The van der Waals surface area contributed by atoms with Gasteiger partial charge in [-0.2, -0.15) is 0 Å². The molecule has 1 amide bonds. The van der Waals surface area contributed by atoms with E-state index in [1.54, 1.807) is 4.90 Å². The van der Waals surface area contributed by atoms with Crippen LogP contribution in [0.2, 0.25) is 0 Å². The SMILES string of the molecule is CC(C(=O)O)C(=O)N1CCCC(c2nc3ccccc3n2C(C)C)C1. The molecule has 2 heterocycles. The number of amides is 1. The summed E-state index contributed by atoms with van der Waals surface area (Å²) in [7, 11) is 0. The van der Waals surface area contributed by atoms with Gasteiger partial charge in [0.2, 0.25) is 5.91 Å². The van der Waals surface area contributed by atoms with E-state index in [4.69, 9.17) is 10.1 Å². The van der Waals surface area contributed by atoms with Crippen molar-refractivity contribution in [3.8, 4) is 0 Å². The second-order valence-electron chi connectivity index (χ2n) is 7.11. The average Bonchev–Trinajstić information content (AvgIpc) is 3.00. The average molecular weight is 343 g/mol. The number of hydrogen-bond acceptors (Lipinski definition) is 3. The van der Waals surface area contributed by atoms with Crippen LogP contribution < -0.4 is 0 Å². The number of benzene rings is 1. The van der Waals surface area contributed by atoms with Gasteiger partial charge in [0.15, 0.2) is 0 Å². The van der Waals surface area contributed by atoms with Gasteiger partial charge in [-0.3, -0.25) is 9.59 Å². The lowest BCUT2D eigenvalue weighted by Crippen LogP contribution is -2.44. The molecule has 0 saturated carbocycles. The monoisotopic (exact) mass is 343 g/mol. The first-order valence-electron chi connectivity index (χ1n) is 8.88. The third kappa shape index (κ3) is 3.25. The number of piperidine rings is 1. The Morgan fingerprint density at radius 2 is 1.96 bits per heavy atom. The van der Waals surface area contributed by atoms with Gasteiger partial charge in [0.05, 0.1) is 11.0 Å². The Morgan fingerprint density at radius 3 is 2.64 bits per heavy atom. The van der Waals surface area contributed by atoms with Gasteiger partial charge in [0, 0.05) is 25.0 Å². The molecule has 1 aromatic carbocycles. The Bertz CT molecular complexity index is 796. The number of aliphatic carboxylic acids is 1. The van der Waals surface area contributed by atoms with E-state index in [1.165, 1.54) is 6.92 Å². The molecular weight excluding hydrogens is 318 g/mol. The summed E-state index contributed by atoms with van der Waals surface area (Å²) in [6.45, 7) is 6.88. The van der Waals surface area contributed by atoms with E-state index in [0.717, 1.165) is 29.7 Å².